The maximum atomic E-state index is 14.7. The van der Waals surface area contributed by atoms with E-state index >= 15 is 0 Å². The number of hydrogen-bond donors (Lipinski definition) is 0. The summed E-state index contributed by atoms with van der Waals surface area (Å²) in [7, 11) is 0. The van der Waals surface area contributed by atoms with Gasteiger partial charge in [-0.1, -0.05) is 11.6 Å². The zero-order chi connectivity index (χ0) is 20.6. The molecule has 0 N–H and O–H groups in total. The molecule has 0 saturated carbocycles. The van der Waals surface area contributed by atoms with Gasteiger partial charge in [-0.3, -0.25) is 5.01 Å². The molecule has 2 heterocycles. The van der Waals surface area contributed by atoms with Crippen molar-refractivity contribution in [3.05, 3.63) is 26.7 Å². The van der Waals surface area contributed by atoms with Crippen molar-refractivity contribution >= 4 is 61.9 Å². The summed E-state index contributed by atoms with van der Waals surface area (Å²) in [6.45, 7) is 6.35. The van der Waals surface area contributed by atoms with Crippen molar-refractivity contribution < 1.29 is 13.9 Å². The standard InChI is InChI=1S/C18H20BrCl2FN4O2/c1-18(2,3)28-17(27)26-8-6-4-5-7-25(26)15-10-9-11(20)12(19)13(22)14(10)23-16(21)24-15/h9H,4-8H2,1-3H3. The minimum absolute atomic E-state index is 0.0275. The third kappa shape index (κ3) is 4.44. The van der Waals surface area contributed by atoms with Crippen LogP contribution in [0.5, 0.6) is 0 Å². The first-order valence-electron chi connectivity index (χ1n) is 8.87. The van der Waals surface area contributed by atoms with Crippen LogP contribution in [-0.2, 0) is 4.74 Å². The molecule has 28 heavy (non-hydrogen) atoms. The summed E-state index contributed by atoms with van der Waals surface area (Å²) in [6, 6.07) is 1.56. The number of benzene rings is 1. The zero-order valence-corrected chi connectivity index (χ0v) is 18.8. The third-order valence-electron chi connectivity index (χ3n) is 4.16. The minimum atomic E-state index is -0.652. The van der Waals surface area contributed by atoms with Crippen LogP contribution in [0, 0.1) is 5.82 Å². The van der Waals surface area contributed by atoms with Crippen LogP contribution in [0.3, 0.4) is 0 Å². The van der Waals surface area contributed by atoms with Gasteiger partial charge in [0.25, 0.3) is 0 Å². The summed E-state index contributed by atoms with van der Waals surface area (Å²) in [6.07, 6.45) is 2.08. The number of hydrogen-bond acceptors (Lipinski definition) is 5. The van der Waals surface area contributed by atoms with Crippen molar-refractivity contribution in [2.24, 2.45) is 0 Å². The largest absolute Gasteiger partial charge is 0.442 e. The molecule has 1 aromatic carbocycles. The molecule has 1 aliphatic rings. The number of carbonyl (C=O) groups excluding carboxylic acids is 1. The van der Waals surface area contributed by atoms with Crippen molar-refractivity contribution in [1.29, 1.82) is 0 Å². The Bertz CT molecular complexity index is 923. The van der Waals surface area contributed by atoms with Crippen molar-refractivity contribution in [1.82, 2.24) is 15.0 Å². The summed E-state index contributed by atoms with van der Waals surface area (Å²) >= 11 is 15.4. The second-order valence-corrected chi connectivity index (χ2v) is 9.02. The van der Waals surface area contributed by atoms with E-state index < -0.39 is 17.5 Å². The van der Waals surface area contributed by atoms with Gasteiger partial charge in [0.2, 0.25) is 5.28 Å². The highest BCUT2D eigenvalue weighted by molar-refractivity contribution is 9.10. The Balaban J connectivity index is 2.15. The molecular weight excluding hydrogens is 474 g/mol. The lowest BCUT2D eigenvalue weighted by Crippen LogP contribution is -2.49. The first kappa shape index (κ1) is 21.3. The summed E-state index contributed by atoms with van der Waals surface area (Å²) in [4.78, 5) is 21.1. The van der Waals surface area contributed by atoms with E-state index in [2.05, 4.69) is 25.9 Å². The number of carbonyl (C=O) groups is 1. The first-order valence-corrected chi connectivity index (χ1v) is 10.4. The van der Waals surface area contributed by atoms with Gasteiger partial charge in [0.1, 0.15) is 11.1 Å². The molecule has 0 spiro atoms. The normalized spacial score (nSPS) is 15.7. The fraction of sp³-hybridized carbons (Fsp3) is 0.500. The molecule has 1 fully saturated rings. The van der Waals surface area contributed by atoms with E-state index in [1.165, 1.54) is 5.01 Å². The second-order valence-electron chi connectivity index (χ2n) is 7.49. The summed E-state index contributed by atoms with van der Waals surface area (Å²) in [5.41, 5.74) is -0.625. The molecule has 152 valence electrons. The number of amides is 1. The topological polar surface area (TPSA) is 58.6 Å². The summed E-state index contributed by atoms with van der Waals surface area (Å²) in [5, 5.41) is 3.59. The molecule has 1 aliphatic heterocycles. The van der Waals surface area contributed by atoms with E-state index in [-0.39, 0.29) is 20.3 Å². The molecule has 1 aromatic heterocycles. The molecule has 0 radical (unpaired) electrons. The first-order chi connectivity index (χ1) is 13.1. The number of aromatic nitrogens is 2. The second kappa shape index (κ2) is 8.16. The van der Waals surface area contributed by atoms with Crippen LogP contribution in [0.1, 0.15) is 40.0 Å². The number of nitrogens with zero attached hydrogens (tertiary/aromatic N) is 4. The average Bonchev–Trinajstić information content (AvgIpc) is 2.84. The predicted molar refractivity (Wildman–Crippen MR) is 111 cm³/mol. The van der Waals surface area contributed by atoms with Crippen LogP contribution < -0.4 is 5.01 Å². The van der Waals surface area contributed by atoms with Crippen LogP contribution >= 0.6 is 39.1 Å². The Kier molecular flexibility index (Phi) is 6.22. The lowest BCUT2D eigenvalue weighted by atomic mass is 10.2. The molecule has 1 saturated heterocycles. The summed E-state index contributed by atoms with van der Waals surface area (Å²) < 4.78 is 20.4. The van der Waals surface area contributed by atoms with Gasteiger partial charge < -0.3 is 4.74 Å². The van der Waals surface area contributed by atoms with E-state index in [0.717, 1.165) is 19.3 Å². The molecule has 0 aliphatic carbocycles. The van der Waals surface area contributed by atoms with Crippen molar-refractivity contribution in [2.45, 2.75) is 45.6 Å². The molecule has 10 heteroatoms. The van der Waals surface area contributed by atoms with Crippen LogP contribution in [-0.4, -0.2) is 39.8 Å². The van der Waals surface area contributed by atoms with Gasteiger partial charge in [0, 0.05) is 18.5 Å². The average molecular weight is 494 g/mol. The lowest BCUT2D eigenvalue weighted by Gasteiger charge is -2.35. The molecular formula is C18H20BrCl2FN4O2. The highest BCUT2D eigenvalue weighted by Gasteiger charge is 2.31. The fourth-order valence-electron chi connectivity index (χ4n) is 2.99. The number of hydrazine groups is 1. The minimum Gasteiger partial charge on any atom is -0.442 e. The maximum absolute atomic E-state index is 14.7. The number of fused-ring (bicyclic) bond motifs is 1. The van der Waals surface area contributed by atoms with Gasteiger partial charge in [0.05, 0.1) is 9.50 Å². The van der Waals surface area contributed by atoms with Crippen molar-refractivity contribution in [2.75, 3.05) is 18.1 Å². The Morgan fingerprint density at radius 2 is 1.89 bits per heavy atom. The quantitative estimate of drug-likeness (QED) is 0.361. The molecule has 3 rings (SSSR count). The van der Waals surface area contributed by atoms with Crippen molar-refractivity contribution in [3.63, 3.8) is 0 Å². The molecule has 0 bridgehead atoms. The number of rotatable bonds is 1. The Hall–Kier alpha value is -1.38. The van der Waals surface area contributed by atoms with Gasteiger partial charge in [-0.25, -0.2) is 19.2 Å². The number of anilines is 1. The van der Waals surface area contributed by atoms with Gasteiger partial charge in [-0.15, -0.1) is 0 Å². The SMILES string of the molecule is CC(C)(C)OC(=O)N1CCCCCN1c1nc(Cl)nc2c(F)c(Br)c(Cl)cc12. The summed E-state index contributed by atoms with van der Waals surface area (Å²) in [5.74, 6) is -0.317. The Morgan fingerprint density at radius 3 is 2.57 bits per heavy atom. The van der Waals surface area contributed by atoms with Gasteiger partial charge >= 0.3 is 6.09 Å². The van der Waals surface area contributed by atoms with Gasteiger partial charge in [-0.2, -0.15) is 4.98 Å². The number of halogens is 4. The highest BCUT2D eigenvalue weighted by Crippen LogP contribution is 2.36. The smallest absolute Gasteiger partial charge is 0.429 e. The Labute approximate surface area is 181 Å². The van der Waals surface area contributed by atoms with Crippen LogP contribution in [0.4, 0.5) is 15.0 Å². The van der Waals surface area contributed by atoms with Gasteiger partial charge in [0.15, 0.2) is 11.6 Å². The van der Waals surface area contributed by atoms with E-state index in [9.17, 15) is 9.18 Å². The monoisotopic (exact) mass is 492 g/mol. The fourth-order valence-corrected chi connectivity index (χ4v) is 3.65. The van der Waals surface area contributed by atoms with E-state index in [4.69, 9.17) is 27.9 Å². The van der Waals surface area contributed by atoms with Crippen LogP contribution in [0.2, 0.25) is 10.3 Å². The maximum Gasteiger partial charge on any atom is 0.429 e. The highest BCUT2D eigenvalue weighted by atomic mass is 79.9. The third-order valence-corrected chi connectivity index (χ3v) is 5.63. The molecule has 0 unspecified atom stereocenters. The van der Waals surface area contributed by atoms with E-state index in [0.29, 0.717) is 24.3 Å². The molecule has 6 nitrogen and oxygen atoms in total. The van der Waals surface area contributed by atoms with E-state index in [1.54, 1.807) is 31.8 Å². The van der Waals surface area contributed by atoms with Gasteiger partial charge in [-0.05, 0) is 73.6 Å². The predicted octanol–water partition coefficient (Wildman–Crippen LogP) is 5.98. The van der Waals surface area contributed by atoms with Crippen LogP contribution in [0.25, 0.3) is 10.9 Å². The zero-order valence-electron chi connectivity index (χ0n) is 15.7. The lowest BCUT2D eigenvalue weighted by molar-refractivity contribution is 0.0232. The molecule has 1 amide bonds. The molecule has 0 atom stereocenters. The molecule has 2 aromatic rings. The van der Waals surface area contributed by atoms with Crippen LogP contribution in [0.15, 0.2) is 10.5 Å². The number of ether oxygens (including phenoxy) is 1. The van der Waals surface area contributed by atoms with Crippen molar-refractivity contribution in [3.8, 4) is 0 Å². The van der Waals surface area contributed by atoms with E-state index in [1.807, 2.05) is 0 Å². The Morgan fingerprint density at radius 1 is 1.21 bits per heavy atom.